The maximum atomic E-state index is 13.3. The summed E-state index contributed by atoms with van der Waals surface area (Å²) in [6, 6.07) is 10.2. The van der Waals surface area contributed by atoms with E-state index in [9.17, 15) is 18.9 Å². The van der Waals surface area contributed by atoms with Gasteiger partial charge in [-0.2, -0.15) is 0 Å². The lowest BCUT2D eigenvalue weighted by atomic mass is 9.93. The fourth-order valence-electron chi connectivity index (χ4n) is 4.31. The number of carbonyl (C=O) groups excluding carboxylic acids is 1. The lowest BCUT2D eigenvalue weighted by Crippen LogP contribution is -2.55. The van der Waals surface area contributed by atoms with Crippen molar-refractivity contribution in [1.82, 2.24) is 9.55 Å². The van der Waals surface area contributed by atoms with Crippen molar-refractivity contribution >= 4 is 13.8 Å². The van der Waals surface area contributed by atoms with E-state index in [1.807, 2.05) is 18.2 Å². The van der Waals surface area contributed by atoms with Gasteiger partial charge < -0.3 is 15.2 Å². The van der Waals surface area contributed by atoms with E-state index < -0.39 is 54.9 Å². The molecule has 2 saturated heterocycles. The van der Waals surface area contributed by atoms with Gasteiger partial charge in [0.1, 0.15) is 12.2 Å². The van der Waals surface area contributed by atoms with Gasteiger partial charge in [-0.25, -0.2) is 9.36 Å². The molecule has 1 aromatic heterocycles. The number of hydrogen-bond acceptors (Lipinski definition) is 10. The van der Waals surface area contributed by atoms with Gasteiger partial charge in [0.05, 0.1) is 30.8 Å². The van der Waals surface area contributed by atoms with Gasteiger partial charge in [0.2, 0.25) is 0 Å². The van der Waals surface area contributed by atoms with E-state index in [4.69, 9.17) is 28.8 Å². The number of aromatic amines is 1. The third-order valence-electron chi connectivity index (χ3n) is 6.02. The summed E-state index contributed by atoms with van der Waals surface area (Å²) in [5.74, 6) is -1.06. The number of esters is 1. The second-order valence-corrected chi connectivity index (χ2v) is 10.9. The summed E-state index contributed by atoms with van der Waals surface area (Å²) in [5, 5.41) is 0. The standard InChI is InChI=1S/C23H30N3O9P/c1-14(2)33-20(28)16(15-7-5-4-6-8-15)10-12-31-36(30)32-13-17-19(35-36)23(3,24)21(34-17)26-11-9-18(27)25-22(26)29/h4-9,11,14,16-17,19,21H,10,12-13,24H2,1-3H3,(H,25,27,29)/t16?,17-,19-,21-,23-,36+/m1/s1. The molecule has 3 heterocycles. The molecule has 0 radical (unpaired) electrons. The SMILES string of the molecule is CC(C)OC(=O)C(CCO[P@@]1(=O)OC[C@H]2O[C@@H](n3ccc(=O)[nH]c3=O)[C@](C)(N)[C@@H]2O1)c1ccccc1. The van der Waals surface area contributed by atoms with Crippen molar-refractivity contribution in [2.24, 2.45) is 5.73 Å². The number of hydrogen-bond donors (Lipinski definition) is 2. The van der Waals surface area contributed by atoms with Gasteiger partial charge in [0.15, 0.2) is 6.23 Å². The minimum atomic E-state index is -4.06. The third-order valence-corrected chi connectivity index (χ3v) is 7.47. The van der Waals surface area contributed by atoms with E-state index in [1.54, 1.807) is 32.9 Å². The number of benzene rings is 1. The third kappa shape index (κ3) is 5.54. The van der Waals surface area contributed by atoms with Gasteiger partial charge in [0, 0.05) is 12.3 Å². The van der Waals surface area contributed by atoms with Crippen LogP contribution in [0.2, 0.25) is 0 Å². The van der Waals surface area contributed by atoms with E-state index in [2.05, 4.69) is 4.98 Å². The average Bonchev–Trinajstić information content (AvgIpc) is 3.06. The molecule has 3 N–H and O–H groups in total. The monoisotopic (exact) mass is 523 g/mol. The quantitative estimate of drug-likeness (QED) is 0.386. The van der Waals surface area contributed by atoms with Crippen molar-refractivity contribution in [3.63, 3.8) is 0 Å². The zero-order valence-electron chi connectivity index (χ0n) is 20.2. The summed E-state index contributed by atoms with van der Waals surface area (Å²) in [4.78, 5) is 38.5. The maximum Gasteiger partial charge on any atom is 0.475 e. The number of H-pyrrole nitrogens is 1. The highest BCUT2D eigenvalue weighted by Crippen LogP contribution is 2.58. The van der Waals surface area contributed by atoms with Crippen LogP contribution in [0.15, 0.2) is 52.2 Å². The van der Waals surface area contributed by atoms with Gasteiger partial charge in [0.25, 0.3) is 5.56 Å². The number of phosphoric ester groups is 1. The van der Waals surface area contributed by atoms with Crippen molar-refractivity contribution < 1.29 is 32.4 Å². The van der Waals surface area contributed by atoms with Crippen molar-refractivity contribution in [2.75, 3.05) is 13.2 Å². The molecule has 13 heteroatoms. The molecular weight excluding hydrogens is 493 g/mol. The molecule has 0 bridgehead atoms. The largest absolute Gasteiger partial charge is 0.475 e. The van der Waals surface area contributed by atoms with Crippen LogP contribution in [0.4, 0.5) is 0 Å². The number of fused-ring (bicyclic) bond motifs is 1. The van der Waals surface area contributed by atoms with Crippen LogP contribution >= 0.6 is 7.82 Å². The first-order valence-corrected chi connectivity index (χ1v) is 13.0. The first kappa shape index (κ1) is 26.5. The Morgan fingerprint density at radius 3 is 2.67 bits per heavy atom. The number of phosphoric acid groups is 1. The Hall–Kier alpha value is -2.60. The van der Waals surface area contributed by atoms with Crippen molar-refractivity contribution in [3.8, 4) is 0 Å². The Morgan fingerprint density at radius 2 is 2.00 bits per heavy atom. The predicted octanol–water partition coefficient (Wildman–Crippen LogP) is 1.82. The van der Waals surface area contributed by atoms with Crippen LogP contribution in [0.5, 0.6) is 0 Å². The Kier molecular flexibility index (Phi) is 7.65. The molecule has 12 nitrogen and oxygen atoms in total. The van der Waals surface area contributed by atoms with Crippen LogP contribution in [0.3, 0.4) is 0 Å². The number of aromatic nitrogens is 2. The van der Waals surface area contributed by atoms with Crippen LogP contribution < -0.4 is 17.0 Å². The van der Waals surface area contributed by atoms with Crippen LogP contribution in [0, 0.1) is 0 Å². The van der Waals surface area contributed by atoms with Gasteiger partial charge in [-0.1, -0.05) is 30.3 Å². The normalized spacial score (nSPS) is 30.6. The topological polar surface area (TPSA) is 161 Å². The Balaban J connectivity index is 1.44. The summed E-state index contributed by atoms with van der Waals surface area (Å²) in [6.45, 7) is 4.84. The van der Waals surface area contributed by atoms with Crippen LogP contribution in [-0.4, -0.2) is 52.6 Å². The van der Waals surface area contributed by atoms with Crippen LogP contribution in [0.25, 0.3) is 0 Å². The highest BCUT2D eigenvalue weighted by atomic mass is 31.2. The minimum absolute atomic E-state index is 0.119. The lowest BCUT2D eigenvalue weighted by Gasteiger charge is -2.35. The van der Waals surface area contributed by atoms with Crippen LogP contribution in [0.1, 0.15) is 44.9 Å². The van der Waals surface area contributed by atoms with Crippen molar-refractivity contribution in [2.45, 2.75) is 63.2 Å². The molecule has 196 valence electrons. The molecule has 0 aliphatic carbocycles. The maximum absolute atomic E-state index is 13.3. The second kappa shape index (κ2) is 10.4. The van der Waals surface area contributed by atoms with E-state index in [0.29, 0.717) is 0 Å². The summed E-state index contributed by atoms with van der Waals surface area (Å²) in [7, 11) is -4.06. The molecule has 2 fully saturated rings. The molecule has 0 amide bonds. The van der Waals surface area contributed by atoms with E-state index >= 15 is 0 Å². The molecule has 1 aromatic carbocycles. The molecule has 0 spiro atoms. The second-order valence-electron chi connectivity index (χ2n) is 9.25. The molecule has 36 heavy (non-hydrogen) atoms. The molecule has 1 unspecified atom stereocenters. The molecule has 0 saturated carbocycles. The smallest absolute Gasteiger partial charge is 0.463 e. The number of ether oxygens (including phenoxy) is 2. The average molecular weight is 523 g/mol. The number of nitrogens with two attached hydrogens (primary N) is 1. The number of carbonyl (C=O) groups is 1. The summed E-state index contributed by atoms with van der Waals surface area (Å²) in [5.41, 5.74) is 4.64. The first-order valence-electron chi connectivity index (χ1n) is 11.6. The fraction of sp³-hybridized carbons (Fsp3) is 0.522. The lowest BCUT2D eigenvalue weighted by molar-refractivity contribution is -0.149. The Morgan fingerprint density at radius 1 is 1.28 bits per heavy atom. The molecule has 2 aliphatic rings. The van der Waals surface area contributed by atoms with Crippen LogP contribution in [-0.2, 0) is 32.4 Å². The van der Waals surface area contributed by atoms with Crippen molar-refractivity contribution in [3.05, 3.63) is 69.0 Å². The van der Waals surface area contributed by atoms with Gasteiger partial charge in [-0.3, -0.25) is 32.7 Å². The fourth-order valence-corrected chi connectivity index (χ4v) is 5.81. The first-order chi connectivity index (χ1) is 17.0. The highest BCUT2D eigenvalue weighted by molar-refractivity contribution is 7.48. The van der Waals surface area contributed by atoms with Gasteiger partial charge >= 0.3 is 19.5 Å². The molecule has 4 rings (SSSR count). The number of nitrogens with zero attached hydrogens (tertiary/aromatic N) is 1. The summed E-state index contributed by atoms with van der Waals surface area (Å²) < 4.78 is 42.3. The minimum Gasteiger partial charge on any atom is -0.463 e. The molecule has 2 aromatic rings. The van der Waals surface area contributed by atoms with Crippen molar-refractivity contribution in [1.29, 1.82) is 0 Å². The van der Waals surface area contributed by atoms with E-state index in [1.165, 1.54) is 12.3 Å². The van der Waals surface area contributed by atoms with E-state index in [0.717, 1.165) is 10.1 Å². The summed E-state index contributed by atoms with van der Waals surface area (Å²) >= 11 is 0. The van der Waals surface area contributed by atoms with Gasteiger partial charge in [-0.15, -0.1) is 0 Å². The molecule has 6 atom stereocenters. The Labute approximate surface area is 207 Å². The zero-order chi connectivity index (χ0) is 26.1. The number of rotatable bonds is 8. The Bertz CT molecular complexity index is 1240. The van der Waals surface area contributed by atoms with Gasteiger partial charge in [-0.05, 0) is 32.8 Å². The molecular formula is C23H30N3O9P. The van der Waals surface area contributed by atoms with E-state index in [-0.39, 0.29) is 25.7 Å². The number of nitrogens with one attached hydrogen (secondary N) is 1. The summed E-state index contributed by atoms with van der Waals surface area (Å²) in [6.07, 6.45) is -1.53. The molecule has 2 aliphatic heterocycles. The zero-order valence-corrected chi connectivity index (χ0v) is 21.1. The predicted molar refractivity (Wildman–Crippen MR) is 127 cm³/mol. The highest BCUT2D eigenvalue weighted by Gasteiger charge is 2.59.